The Morgan fingerprint density at radius 2 is 1.94 bits per heavy atom. The third-order valence-corrected chi connectivity index (χ3v) is 2.78. The van der Waals surface area contributed by atoms with Gasteiger partial charge in [-0.25, -0.2) is 0 Å². The number of alkyl halides is 3. The number of hydrogen-bond donors (Lipinski definition) is 2. The van der Waals surface area contributed by atoms with E-state index in [0.717, 1.165) is 0 Å². The summed E-state index contributed by atoms with van der Waals surface area (Å²) in [6.45, 7) is 3.42. The minimum absolute atomic E-state index is 0.272. The molecule has 3 N–H and O–H groups in total. The van der Waals surface area contributed by atoms with E-state index >= 15 is 0 Å². The van der Waals surface area contributed by atoms with Crippen LogP contribution in [0.4, 0.5) is 13.2 Å². The van der Waals surface area contributed by atoms with Gasteiger partial charge in [0.2, 0.25) is 5.91 Å². The van der Waals surface area contributed by atoms with E-state index in [2.05, 4.69) is 5.32 Å². The first-order chi connectivity index (χ1) is 8.10. The van der Waals surface area contributed by atoms with Gasteiger partial charge >= 0.3 is 6.18 Å². The van der Waals surface area contributed by atoms with Crippen LogP contribution in [0.1, 0.15) is 26.7 Å². The fraction of sp³-hybridized carbons (Fsp3) is 0.909. The van der Waals surface area contributed by atoms with E-state index in [1.54, 1.807) is 6.92 Å². The van der Waals surface area contributed by atoms with Gasteiger partial charge in [0.25, 0.3) is 0 Å². The van der Waals surface area contributed by atoms with Crippen molar-refractivity contribution < 1.29 is 18.0 Å². The monoisotopic (exact) mass is 269 g/mol. The van der Waals surface area contributed by atoms with Crippen molar-refractivity contribution in [1.29, 1.82) is 0 Å². The third kappa shape index (κ3) is 6.80. The van der Waals surface area contributed by atoms with Gasteiger partial charge in [0.15, 0.2) is 0 Å². The van der Waals surface area contributed by atoms with Crippen LogP contribution < -0.4 is 11.1 Å². The molecule has 0 aliphatic rings. The van der Waals surface area contributed by atoms with Gasteiger partial charge in [-0.1, -0.05) is 6.92 Å². The lowest BCUT2D eigenvalue weighted by atomic mass is 9.95. The fourth-order valence-corrected chi connectivity index (χ4v) is 1.78. The molecule has 18 heavy (non-hydrogen) atoms. The van der Waals surface area contributed by atoms with E-state index in [9.17, 15) is 18.0 Å². The molecule has 0 radical (unpaired) electrons. The highest BCUT2D eigenvalue weighted by Gasteiger charge is 2.31. The van der Waals surface area contributed by atoms with Crippen molar-refractivity contribution in [3.8, 4) is 0 Å². The van der Waals surface area contributed by atoms with E-state index in [0.29, 0.717) is 19.4 Å². The Labute approximate surface area is 106 Å². The maximum atomic E-state index is 12.1. The number of halogens is 3. The molecular formula is C11H22F3N3O. The number of carbonyl (C=O) groups excluding carboxylic acids is 1. The smallest absolute Gasteiger partial charge is 0.368 e. The van der Waals surface area contributed by atoms with E-state index in [4.69, 9.17) is 5.73 Å². The van der Waals surface area contributed by atoms with Gasteiger partial charge in [0, 0.05) is 0 Å². The molecule has 7 heteroatoms. The summed E-state index contributed by atoms with van der Waals surface area (Å²) >= 11 is 0. The summed E-state index contributed by atoms with van der Waals surface area (Å²) in [4.78, 5) is 12.5. The highest BCUT2D eigenvalue weighted by molar-refractivity contribution is 5.84. The average molecular weight is 269 g/mol. The number of hydrogen-bond acceptors (Lipinski definition) is 3. The van der Waals surface area contributed by atoms with E-state index in [1.165, 1.54) is 11.9 Å². The first-order valence-electron chi connectivity index (χ1n) is 5.91. The van der Waals surface area contributed by atoms with Crippen molar-refractivity contribution in [3.63, 3.8) is 0 Å². The molecule has 108 valence electrons. The SMILES string of the molecule is CCNC(C)(CCCN(C)CC(F)(F)F)C(N)=O. The van der Waals surface area contributed by atoms with E-state index in [1.807, 2.05) is 6.92 Å². The van der Waals surface area contributed by atoms with Crippen LogP contribution in [0, 0.1) is 0 Å². The van der Waals surface area contributed by atoms with Gasteiger partial charge in [-0.3, -0.25) is 9.69 Å². The number of nitrogens with two attached hydrogens (primary N) is 1. The summed E-state index contributed by atoms with van der Waals surface area (Å²) in [5.74, 6) is -0.483. The molecule has 0 bridgehead atoms. The molecule has 0 rings (SSSR count). The lowest BCUT2D eigenvalue weighted by molar-refractivity contribution is -0.143. The van der Waals surface area contributed by atoms with Crippen molar-refractivity contribution in [2.75, 3.05) is 26.7 Å². The first-order valence-corrected chi connectivity index (χ1v) is 5.91. The maximum Gasteiger partial charge on any atom is 0.401 e. The van der Waals surface area contributed by atoms with Crippen molar-refractivity contribution in [2.24, 2.45) is 5.73 Å². The van der Waals surface area contributed by atoms with Crippen molar-refractivity contribution in [1.82, 2.24) is 10.2 Å². The van der Waals surface area contributed by atoms with Gasteiger partial charge in [0.05, 0.1) is 12.1 Å². The van der Waals surface area contributed by atoms with Gasteiger partial charge < -0.3 is 11.1 Å². The molecule has 1 atom stereocenters. The molecule has 0 saturated heterocycles. The van der Waals surface area contributed by atoms with Gasteiger partial charge in [-0.05, 0) is 39.9 Å². The molecule has 4 nitrogen and oxygen atoms in total. The molecule has 0 heterocycles. The number of carbonyl (C=O) groups is 1. The highest BCUT2D eigenvalue weighted by Crippen LogP contribution is 2.17. The molecule has 0 saturated carbocycles. The number of nitrogens with zero attached hydrogens (tertiary/aromatic N) is 1. The molecule has 0 aromatic rings. The Morgan fingerprint density at radius 3 is 2.33 bits per heavy atom. The average Bonchev–Trinajstić information content (AvgIpc) is 2.14. The highest BCUT2D eigenvalue weighted by atomic mass is 19.4. The largest absolute Gasteiger partial charge is 0.401 e. The van der Waals surface area contributed by atoms with Crippen LogP contribution in [0.3, 0.4) is 0 Å². The number of amides is 1. The minimum atomic E-state index is -4.19. The standard InChI is InChI=1S/C11H22F3N3O/c1-4-16-10(2,9(15)18)6-5-7-17(3)8-11(12,13)14/h16H,4-8H2,1-3H3,(H2,15,18). The second-order valence-electron chi connectivity index (χ2n) is 4.68. The number of primary amides is 1. The van der Waals surface area contributed by atoms with Gasteiger partial charge in [-0.2, -0.15) is 13.2 Å². The number of nitrogens with one attached hydrogen (secondary N) is 1. The normalized spacial score (nSPS) is 15.7. The minimum Gasteiger partial charge on any atom is -0.368 e. The van der Waals surface area contributed by atoms with Crippen molar-refractivity contribution >= 4 is 5.91 Å². The zero-order valence-electron chi connectivity index (χ0n) is 11.1. The maximum absolute atomic E-state index is 12.1. The summed E-state index contributed by atoms with van der Waals surface area (Å²) < 4.78 is 36.3. The Hall–Kier alpha value is -0.820. The van der Waals surface area contributed by atoms with Crippen LogP contribution in [-0.2, 0) is 4.79 Å². The van der Waals surface area contributed by atoms with E-state index < -0.39 is 24.2 Å². The number of likely N-dealkylation sites (N-methyl/N-ethyl adjacent to an activating group) is 1. The van der Waals surface area contributed by atoms with Crippen LogP contribution in [0.2, 0.25) is 0 Å². The molecule has 0 fully saturated rings. The predicted molar refractivity (Wildman–Crippen MR) is 64.1 cm³/mol. The van der Waals surface area contributed by atoms with Crippen molar-refractivity contribution in [2.45, 2.75) is 38.4 Å². The molecule has 0 spiro atoms. The Kier molecular flexibility index (Phi) is 6.62. The van der Waals surface area contributed by atoms with Crippen LogP contribution in [0.15, 0.2) is 0 Å². The summed E-state index contributed by atoms with van der Waals surface area (Å²) in [5.41, 5.74) is 4.43. The Bertz CT molecular complexity index is 271. The summed E-state index contributed by atoms with van der Waals surface area (Å²) in [6.07, 6.45) is -3.30. The quantitative estimate of drug-likeness (QED) is 0.694. The van der Waals surface area contributed by atoms with Crippen LogP contribution in [-0.4, -0.2) is 49.2 Å². The molecular weight excluding hydrogens is 247 g/mol. The summed E-state index contributed by atoms with van der Waals surface area (Å²) in [6, 6.07) is 0. The Balaban J connectivity index is 4.11. The predicted octanol–water partition coefficient (Wildman–Crippen LogP) is 1.11. The summed E-state index contributed by atoms with van der Waals surface area (Å²) in [7, 11) is 1.41. The van der Waals surface area contributed by atoms with Crippen LogP contribution in [0.5, 0.6) is 0 Å². The zero-order valence-corrected chi connectivity index (χ0v) is 11.1. The summed E-state index contributed by atoms with van der Waals surface area (Å²) in [5, 5.41) is 2.97. The molecule has 1 unspecified atom stereocenters. The second-order valence-corrected chi connectivity index (χ2v) is 4.68. The van der Waals surface area contributed by atoms with Gasteiger partial charge in [-0.15, -0.1) is 0 Å². The number of rotatable bonds is 8. The molecule has 0 aromatic heterocycles. The second kappa shape index (κ2) is 6.94. The lowest BCUT2D eigenvalue weighted by Crippen LogP contribution is -2.53. The first kappa shape index (κ1) is 17.2. The molecule has 0 aliphatic carbocycles. The fourth-order valence-electron chi connectivity index (χ4n) is 1.78. The zero-order chi connectivity index (χ0) is 14.4. The van der Waals surface area contributed by atoms with E-state index in [-0.39, 0.29) is 6.54 Å². The molecule has 0 aromatic carbocycles. The molecule has 0 aliphatic heterocycles. The van der Waals surface area contributed by atoms with Gasteiger partial charge in [0.1, 0.15) is 0 Å². The third-order valence-electron chi connectivity index (χ3n) is 2.78. The Morgan fingerprint density at radius 1 is 1.39 bits per heavy atom. The van der Waals surface area contributed by atoms with Crippen LogP contribution >= 0.6 is 0 Å². The lowest BCUT2D eigenvalue weighted by Gasteiger charge is -2.28. The molecule has 1 amide bonds. The van der Waals surface area contributed by atoms with Crippen LogP contribution in [0.25, 0.3) is 0 Å². The topological polar surface area (TPSA) is 58.4 Å². The van der Waals surface area contributed by atoms with Crippen molar-refractivity contribution in [3.05, 3.63) is 0 Å².